The van der Waals surface area contributed by atoms with Gasteiger partial charge in [-0.25, -0.2) is 14.2 Å². The van der Waals surface area contributed by atoms with E-state index >= 15 is 0 Å². The summed E-state index contributed by atoms with van der Waals surface area (Å²) in [5.74, 6) is 0.450. The largest absolute Gasteiger partial charge is 0.496 e. The molecule has 1 rings (SSSR count). The first-order valence-electron chi connectivity index (χ1n) is 4.54. The van der Waals surface area contributed by atoms with Crippen LogP contribution in [0.5, 0.6) is 5.75 Å². The van der Waals surface area contributed by atoms with E-state index in [0.29, 0.717) is 16.9 Å². The van der Waals surface area contributed by atoms with Gasteiger partial charge in [-0.2, -0.15) is 0 Å². The number of carbonyl (C=O) groups excluding carboxylic acids is 1. The molecule has 0 heterocycles. The second-order valence-corrected chi connectivity index (χ2v) is 3.06. The normalized spacial score (nSPS) is 11.7. The Morgan fingerprint density at radius 1 is 1.60 bits per heavy atom. The van der Waals surface area contributed by atoms with E-state index in [-0.39, 0.29) is 6.54 Å². The topological polar surface area (TPSA) is 38.7 Å². The Labute approximate surface area is 87.6 Å². The summed E-state index contributed by atoms with van der Waals surface area (Å²) >= 11 is 0. The van der Waals surface area contributed by atoms with Crippen molar-refractivity contribution < 1.29 is 13.9 Å². The first-order chi connectivity index (χ1) is 7.20. The van der Waals surface area contributed by atoms with Crippen LogP contribution in [0.1, 0.15) is 24.2 Å². The fourth-order valence-corrected chi connectivity index (χ4v) is 1.41. The molecular weight excluding hydrogens is 197 g/mol. The number of hydrogen-bond donors (Lipinski definition) is 0. The number of isocyanates is 1. The second kappa shape index (κ2) is 5.27. The van der Waals surface area contributed by atoms with Crippen LogP contribution < -0.4 is 4.74 Å². The Morgan fingerprint density at radius 2 is 2.33 bits per heavy atom. The summed E-state index contributed by atoms with van der Waals surface area (Å²) in [6, 6.07) is 5.10. The molecule has 0 amide bonds. The molecule has 1 atom stereocenters. The van der Waals surface area contributed by atoms with Gasteiger partial charge in [0.1, 0.15) is 11.9 Å². The molecule has 1 unspecified atom stereocenters. The molecule has 4 heteroatoms. The van der Waals surface area contributed by atoms with Gasteiger partial charge in [0.05, 0.1) is 13.7 Å². The molecule has 0 bridgehead atoms. The molecule has 0 radical (unpaired) electrons. The van der Waals surface area contributed by atoms with Crippen LogP contribution >= 0.6 is 0 Å². The molecule has 0 aliphatic heterocycles. The van der Waals surface area contributed by atoms with Crippen LogP contribution in [0, 0.1) is 0 Å². The quantitative estimate of drug-likeness (QED) is 0.564. The van der Waals surface area contributed by atoms with E-state index < -0.39 is 6.17 Å². The molecule has 3 nitrogen and oxygen atoms in total. The van der Waals surface area contributed by atoms with Crippen LogP contribution in [0.3, 0.4) is 0 Å². The zero-order valence-electron chi connectivity index (χ0n) is 8.66. The van der Waals surface area contributed by atoms with E-state index in [1.165, 1.54) is 20.1 Å². The lowest BCUT2D eigenvalue weighted by Gasteiger charge is -2.12. The lowest BCUT2D eigenvalue weighted by molar-refractivity contribution is 0.344. The molecule has 0 fully saturated rings. The highest BCUT2D eigenvalue weighted by Gasteiger charge is 2.13. The van der Waals surface area contributed by atoms with Crippen molar-refractivity contribution in [1.82, 2.24) is 0 Å². The summed E-state index contributed by atoms with van der Waals surface area (Å²) in [6.07, 6.45) is 0.331. The van der Waals surface area contributed by atoms with Crippen LogP contribution in [0.4, 0.5) is 4.39 Å². The Morgan fingerprint density at radius 3 is 2.87 bits per heavy atom. The van der Waals surface area contributed by atoms with Crippen LogP contribution in [0.15, 0.2) is 23.2 Å². The molecule has 80 valence electrons. The van der Waals surface area contributed by atoms with Crippen molar-refractivity contribution in [1.29, 1.82) is 0 Å². The molecule has 0 aliphatic rings. The number of para-hydroxylation sites is 1. The maximum atomic E-state index is 13.2. The smallest absolute Gasteiger partial charge is 0.235 e. The van der Waals surface area contributed by atoms with Crippen molar-refractivity contribution in [3.05, 3.63) is 29.3 Å². The molecule has 0 saturated carbocycles. The van der Waals surface area contributed by atoms with E-state index in [4.69, 9.17) is 4.74 Å². The SMILES string of the molecule is COc1c(CN=C=O)cccc1C(C)F. The molecule has 0 aromatic heterocycles. The molecule has 0 N–H and O–H groups in total. The lowest BCUT2D eigenvalue weighted by atomic mass is 10.1. The third-order valence-corrected chi connectivity index (χ3v) is 2.07. The highest BCUT2D eigenvalue weighted by atomic mass is 19.1. The Kier molecular flexibility index (Phi) is 4.01. The number of nitrogens with zero attached hydrogens (tertiary/aromatic N) is 1. The van der Waals surface area contributed by atoms with Gasteiger partial charge in [-0.15, -0.1) is 0 Å². The van der Waals surface area contributed by atoms with Gasteiger partial charge >= 0.3 is 0 Å². The molecule has 0 spiro atoms. The van der Waals surface area contributed by atoms with Gasteiger partial charge in [-0.3, -0.25) is 0 Å². The van der Waals surface area contributed by atoms with Crippen molar-refractivity contribution in [2.75, 3.05) is 7.11 Å². The number of benzene rings is 1. The number of hydrogen-bond acceptors (Lipinski definition) is 3. The maximum Gasteiger partial charge on any atom is 0.235 e. The van der Waals surface area contributed by atoms with Gasteiger partial charge in [0.2, 0.25) is 6.08 Å². The Hall–Kier alpha value is -1.67. The number of aliphatic imine (C=N–C) groups is 1. The average molecular weight is 209 g/mol. The maximum absolute atomic E-state index is 13.2. The van der Waals surface area contributed by atoms with Crippen molar-refractivity contribution in [2.24, 2.45) is 4.99 Å². The third kappa shape index (κ3) is 2.64. The Bertz CT molecular complexity index is 384. The average Bonchev–Trinajstić information content (AvgIpc) is 2.25. The lowest BCUT2D eigenvalue weighted by Crippen LogP contribution is -1.97. The number of ether oxygens (including phenoxy) is 1. The van der Waals surface area contributed by atoms with Gasteiger partial charge in [-0.05, 0) is 6.92 Å². The van der Waals surface area contributed by atoms with E-state index in [0.717, 1.165) is 0 Å². The van der Waals surface area contributed by atoms with Gasteiger partial charge < -0.3 is 4.74 Å². The molecule has 15 heavy (non-hydrogen) atoms. The summed E-state index contributed by atoms with van der Waals surface area (Å²) < 4.78 is 18.3. The first-order valence-corrected chi connectivity index (χ1v) is 4.54. The van der Waals surface area contributed by atoms with Gasteiger partial charge in [-0.1, -0.05) is 18.2 Å². The van der Waals surface area contributed by atoms with Crippen molar-refractivity contribution in [3.8, 4) is 5.75 Å². The van der Waals surface area contributed by atoms with Crippen molar-refractivity contribution in [3.63, 3.8) is 0 Å². The van der Waals surface area contributed by atoms with Gasteiger partial charge in [0.15, 0.2) is 0 Å². The molecule has 1 aromatic rings. The van der Waals surface area contributed by atoms with E-state index in [2.05, 4.69) is 4.99 Å². The highest BCUT2D eigenvalue weighted by Crippen LogP contribution is 2.31. The number of alkyl halides is 1. The minimum atomic E-state index is -1.11. The minimum absolute atomic E-state index is 0.160. The third-order valence-electron chi connectivity index (χ3n) is 2.07. The number of methoxy groups -OCH3 is 1. The van der Waals surface area contributed by atoms with Gasteiger partial charge in [0, 0.05) is 11.1 Å². The molecular formula is C11H12FNO2. The van der Waals surface area contributed by atoms with Crippen LogP contribution in [-0.2, 0) is 11.3 Å². The monoisotopic (exact) mass is 209 g/mol. The van der Waals surface area contributed by atoms with E-state index in [9.17, 15) is 9.18 Å². The first kappa shape index (κ1) is 11.4. The van der Waals surface area contributed by atoms with Crippen LogP contribution in [-0.4, -0.2) is 13.2 Å². The minimum Gasteiger partial charge on any atom is -0.496 e. The summed E-state index contributed by atoms with van der Waals surface area (Å²) in [7, 11) is 1.47. The predicted molar refractivity (Wildman–Crippen MR) is 54.3 cm³/mol. The molecule has 0 aliphatic carbocycles. The second-order valence-electron chi connectivity index (χ2n) is 3.06. The molecule has 0 saturated heterocycles. The number of halogens is 1. The standard InChI is InChI=1S/C11H12FNO2/c1-8(12)10-5-3-4-9(6-13-7-14)11(10)15-2/h3-5,8H,6H2,1-2H3. The van der Waals surface area contributed by atoms with Gasteiger partial charge in [0.25, 0.3) is 0 Å². The summed E-state index contributed by atoms with van der Waals surface area (Å²) in [4.78, 5) is 13.4. The van der Waals surface area contributed by atoms with E-state index in [1.54, 1.807) is 18.2 Å². The predicted octanol–water partition coefficient (Wildman–Crippen LogP) is 2.56. The number of rotatable bonds is 4. The molecule has 1 aromatic carbocycles. The van der Waals surface area contributed by atoms with Crippen molar-refractivity contribution in [2.45, 2.75) is 19.6 Å². The van der Waals surface area contributed by atoms with Crippen LogP contribution in [0.25, 0.3) is 0 Å². The van der Waals surface area contributed by atoms with Crippen molar-refractivity contribution >= 4 is 6.08 Å². The van der Waals surface area contributed by atoms with Crippen LogP contribution in [0.2, 0.25) is 0 Å². The fraction of sp³-hybridized carbons (Fsp3) is 0.364. The summed E-state index contributed by atoms with van der Waals surface area (Å²) in [6.45, 7) is 1.60. The summed E-state index contributed by atoms with van der Waals surface area (Å²) in [5, 5.41) is 0. The highest BCUT2D eigenvalue weighted by molar-refractivity contribution is 5.44. The zero-order chi connectivity index (χ0) is 11.3. The fourth-order valence-electron chi connectivity index (χ4n) is 1.41. The zero-order valence-corrected chi connectivity index (χ0v) is 8.66. The summed E-state index contributed by atoms with van der Waals surface area (Å²) in [5.41, 5.74) is 1.15. The Balaban J connectivity index is 3.15. The van der Waals surface area contributed by atoms with E-state index in [1.807, 2.05) is 0 Å².